The van der Waals surface area contributed by atoms with E-state index in [4.69, 9.17) is 0 Å². The molecule has 122 valence electrons. The highest BCUT2D eigenvalue weighted by Crippen LogP contribution is 2.58. The molecule has 1 N–H and O–H groups in total. The van der Waals surface area contributed by atoms with Crippen molar-refractivity contribution in [2.45, 2.75) is 50.2 Å². The van der Waals surface area contributed by atoms with Crippen LogP contribution in [-0.4, -0.2) is 11.6 Å². The summed E-state index contributed by atoms with van der Waals surface area (Å²) in [6.45, 7) is 3.14. The van der Waals surface area contributed by atoms with Crippen molar-refractivity contribution in [2.75, 3.05) is 4.90 Å². The van der Waals surface area contributed by atoms with Crippen molar-refractivity contribution in [1.29, 1.82) is 0 Å². The number of fused-ring (bicyclic) bond motifs is 4. The summed E-state index contributed by atoms with van der Waals surface area (Å²) in [5.74, 6) is 0.0778. The van der Waals surface area contributed by atoms with Crippen LogP contribution >= 0.6 is 0 Å². The molecule has 2 aliphatic heterocycles. The summed E-state index contributed by atoms with van der Waals surface area (Å²) in [7, 11) is 0. The SMILES string of the molecule is C[C@]12CCCC[C@@]13NC(=O)c1ccccc1CN3c1ccccc12. The third-order valence-electron chi connectivity index (χ3n) is 6.54. The van der Waals surface area contributed by atoms with Gasteiger partial charge in [0.2, 0.25) is 0 Å². The van der Waals surface area contributed by atoms with E-state index in [2.05, 4.69) is 47.5 Å². The Morgan fingerprint density at radius 2 is 1.75 bits per heavy atom. The number of nitrogens with one attached hydrogen (secondary N) is 1. The van der Waals surface area contributed by atoms with Crippen LogP contribution in [0.4, 0.5) is 5.69 Å². The van der Waals surface area contributed by atoms with Crippen LogP contribution < -0.4 is 10.2 Å². The van der Waals surface area contributed by atoms with Crippen LogP contribution in [0.3, 0.4) is 0 Å². The van der Waals surface area contributed by atoms with Crippen molar-refractivity contribution < 1.29 is 4.79 Å². The minimum Gasteiger partial charge on any atom is -0.343 e. The molecule has 2 aromatic carbocycles. The van der Waals surface area contributed by atoms with Crippen LogP contribution in [0.1, 0.15) is 54.1 Å². The first-order chi connectivity index (χ1) is 11.7. The van der Waals surface area contributed by atoms with E-state index in [0.717, 1.165) is 36.9 Å². The highest BCUT2D eigenvalue weighted by atomic mass is 16.2. The Morgan fingerprint density at radius 3 is 2.67 bits per heavy atom. The Hall–Kier alpha value is -2.29. The number of nitrogens with zero attached hydrogens (tertiary/aromatic N) is 1. The lowest BCUT2D eigenvalue weighted by molar-refractivity contribution is 0.0765. The fourth-order valence-corrected chi connectivity index (χ4v) is 5.31. The maximum absolute atomic E-state index is 13.1. The highest BCUT2D eigenvalue weighted by Gasteiger charge is 2.61. The predicted octanol–water partition coefficient (Wildman–Crippen LogP) is 3.98. The minimum atomic E-state index is -0.301. The lowest BCUT2D eigenvalue weighted by Gasteiger charge is -2.51. The number of amides is 1. The molecule has 1 amide bonds. The van der Waals surface area contributed by atoms with Crippen molar-refractivity contribution in [3.05, 3.63) is 65.2 Å². The quantitative estimate of drug-likeness (QED) is 0.797. The van der Waals surface area contributed by atoms with E-state index >= 15 is 0 Å². The summed E-state index contributed by atoms with van der Waals surface area (Å²) in [6.07, 6.45) is 4.52. The van der Waals surface area contributed by atoms with Crippen molar-refractivity contribution in [3.63, 3.8) is 0 Å². The summed E-state index contributed by atoms with van der Waals surface area (Å²) in [4.78, 5) is 15.5. The van der Waals surface area contributed by atoms with Gasteiger partial charge in [-0.1, -0.05) is 49.7 Å². The molecule has 0 radical (unpaired) electrons. The van der Waals surface area contributed by atoms with Gasteiger partial charge in [-0.15, -0.1) is 0 Å². The molecular weight excluding hydrogens is 296 g/mol. The van der Waals surface area contributed by atoms with Gasteiger partial charge in [0.05, 0.1) is 0 Å². The normalized spacial score (nSPS) is 30.5. The molecule has 1 aliphatic carbocycles. The van der Waals surface area contributed by atoms with Gasteiger partial charge in [0.1, 0.15) is 5.66 Å². The molecule has 1 fully saturated rings. The molecule has 2 heterocycles. The van der Waals surface area contributed by atoms with Gasteiger partial charge < -0.3 is 10.2 Å². The molecule has 0 aromatic heterocycles. The lowest BCUT2D eigenvalue weighted by Crippen LogP contribution is -2.67. The first kappa shape index (κ1) is 14.1. The van der Waals surface area contributed by atoms with Gasteiger partial charge in [0, 0.05) is 23.2 Å². The average molecular weight is 318 g/mol. The van der Waals surface area contributed by atoms with Crippen molar-refractivity contribution in [1.82, 2.24) is 5.32 Å². The molecule has 0 bridgehead atoms. The van der Waals surface area contributed by atoms with Crippen LogP contribution in [0, 0.1) is 0 Å². The van der Waals surface area contributed by atoms with Gasteiger partial charge in [0.15, 0.2) is 0 Å². The smallest absolute Gasteiger partial charge is 0.253 e. The van der Waals surface area contributed by atoms with E-state index in [1.54, 1.807) is 0 Å². The van der Waals surface area contributed by atoms with Gasteiger partial charge in [0.25, 0.3) is 5.91 Å². The van der Waals surface area contributed by atoms with E-state index < -0.39 is 0 Å². The average Bonchev–Trinajstić information content (AvgIpc) is 2.73. The lowest BCUT2D eigenvalue weighted by atomic mass is 9.65. The second-order valence-electron chi connectivity index (χ2n) is 7.61. The van der Waals surface area contributed by atoms with Gasteiger partial charge in [-0.05, 0) is 42.5 Å². The number of hydrogen-bond donors (Lipinski definition) is 1. The monoisotopic (exact) mass is 318 g/mol. The molecule has 5 rings (SSSR count). The Balaban J connectivity index is 1.77. The first-order valence-electron chi connectivity index (χ1n) is 8.93. The van der Waals surface area contributed by atoms with Crippen LogP contribution in [0.5, 0.6) is 0 Å². The number of rotatable bonds is 0. The van der Waals surface area contributed by atoms with Crippen LogP contribution in [0.2, 0.25) is 0 Å². The van der Waals surface area contributed by atoms with Gasteiger partial charge >= 0.3 is 0 Å². The predicted molar refractivity (Wildman–Crippen MR) is 95.1 cm³/mol. The molecule has 3 aliphatic rings. The number of carbonyl (C=O) groups excluding carboxylic acids is 1. The van der Waals surface area contributed by atoms with Crippen molar-refractivity contribution in [3.8, 4) is 0 Å². The number of benzene rings is 2. The topological polar surface area (TPSA) is 32.3 Å². The van der Waals surface area contributed by atoms with E-state index in [1.807, 2.05) is 18.2 Å². The summed E-state index contributed by atoms with van der Waals surface area (Å²) in [5.41, 5.74) is 4.30. The molecule has 24 heavy (non-hydrogen) atoms. The Kier molecular flexibility index (Phi) is 2.71. The van der Waals surface area contributed by atoms with E-state index in [1.165, 1.54) is 17.7 Å². The zero-order valence-electron chi connectivity index (χ0n) is 14.0. The van der Waals surface area contributed by atoms with Gasteiger partial charge in [-0.2, -0.15) is 0 Å². The first-order valence-corrected chi connectivity index (χ1v) is 8.93. The summed E-state index contributed by atoms with van der Waals surface area (Å²) < 4.78 is 0. The Morgan fingerprint density at radius 1 is 1.00 bits per heavy atom. The molecule has 0 saturated heterocycles. The molecule has 2 aromatic rings. The number of hydrogen-bond acceptors (Lipinski definition) is 2. The number of carbonyl (C=O) groups is 1. The fraction of sp³-hybridized carbons (Fsp3) is 0.381. The molecule has 1 spiro atoms. The zero-order valence-corrected chi connectivity index (χ0v) is 14.0. The van der Waals surface area contributed by atoms with Crippen molar-refractivity contribution >= 4 is 11.6 Å². The molecular formula is C21H22N2O. The second kappa shape index (κ2) is 4.62. The van der Waals surface area contributed by atoms with Crippen molar-refractivity contribution in [2.24, 2.45) is 0 Å². The Bertz CT molecular complexity index is 845. The van der Waals surface area contributed by atoms with Gasteiger partial charge in [-0.25, -0.2) is 0 Å². The third kappa shape index (κ3) is 1.55. The molecule has 1 saturated carbocycles. The minimum absolute atomic E-state index is 0.0282. The Labute approximate surface area is 142 Å². The molecule has 3 heteroatoms. The number of anilines is 1. The standard InChI is InChI=1S/C21H22N2O/c1-20-12-6-7-13-21(20)22-19(24)16-9-3-2-8-15(16)14-23(21)18-11-5-4-10-17(18)20/h2-5,8-11H,6-7,12-14H2,1H3,(H,22,24)/t20-,21+/m1/s1. The summed E-state index contributed by atoms with van der Waals surface area (Å²) in [5, 5.41) is 3.49. The van der Waals surface area contributed by atoms with Crippen LogP contribution in [0.25, 0.3) is 0 Å². The van der Waals surface area contributed by atoms with Crippen LogP contribution in [-0.2, 0) is 12.0 Å². The van der Waals surface area contributed by atoms with Gasteiger partial charge in [-0.3, -0.25) is 4.79 Å². The van der Waals surface area contributed by atoms with E-state index in [9.17, 15) is 4.79 Å². The highest BCUT2D eigenvalue weighted by molar-refractivity contribution is 5.98. The number of para-hydroxylation sites is 1. The third-order valence-corrected chi connectivity index (χ3v) is 6.54. The van der Waals surface area contributed by atoms with E-state index in [0.29, 0.717) is 0 Å². The summed E-state index contributed by atoms with van der Waals surface area (Å²) >= 11 is 0. The van der Waals surface area contributed by atoms with E-state index in [-0.39, 0.29) is 17.0 Å². The zero-order chi connectivity index (χ0) is 16.4. The second-order valence-corrected chi connectivity index (χ2v) is 7.61. The van der Waals surface area contributed by atoms with Crippen LogP contribution in [0.15, 0.2) is 48.5 Å². The fourth-order valence-electron chi connectivity index (χ4n) is 5.31. The molecule has 0 unspecified atom stereocenters. The molecule has 2 atom stereocenters. The maximum Gasteiger partial charge on any atom is 0.253 e. The molecule has 3 nitrogen and oxygen atoms in total. The summed E-state index contributed by atoms with van der Waals surface area (Å²) in [6, 6.07) is 16.8. The largest absolute Gasteiger partial charge is 0.343 e. The maximum atomic E-state index is 13.1.